The average Bonchev–Trinajstić information content (AvgIpc) is 2.86. The molecule has 0 aliphatic heterocycles. The molecule has 0 spiro atoms. The molecular weight excluding hydrogens is 500 g/mol. The lowest BCUT2D eigenvalue weighted by Gasteiger charge is -2.24. The SMILES string of the molecule is CCOc1ccc(N(CC(=O)NCCOc2ccccc2C(C)C)S(=O)(=O)c2ccc(Cl)cc2)cc1. The molecule has 0 heterocycles. The summed E-state index contributed by atoms with van der Waals surface area (Å²) in [7, 11) is -4.04. The molecule has 3 rings (SSSR count). The van der Waals surface area contributed by atoms with E-state index >= 15 is 0 Å². The molecule has 0 aliphatic rings. The van der Waals surface area contributed by atoms with E-state index in [9.17, 15) is 13.2 Å². The van der Waals surface area contributed by atoms with Crippen LogP contribution in [0.3, 0.4) is 0 Å². The first-order chi connectivity index (χ1) is 17.2. The molecule has 9 heteroatoms. The van der Waals surface area contributed by atoms with Crippen LogP contribution in [-0.4, -0.2) is 40.6 Å². The second kappa shape index (κ2) is 12.6. The Morgan fingerprint density at radius 1 is 0.972 bits per heavy atom. The minimum Gasteiger partial charge on any atom is -0.494 e. The number of benzene rings is 3. The predicted molar refractivity (Wildman–Crippen MR) is 143 cm³/mol. The minimum absolute atomic E-state index is 0.0298. The highest BCUT2D eigenvalue weighted by Crippen LogP contribution is 2.27. The third-order valence-corrected chi connectivity index (χ3v) is 7.39. The number of rotatable bonds is 12. The van der Waals surface area contributed by atoms with Crippen molar-refractivity contribution in [2.75, 3.05) is 30.6 Å². The molecule has 7 nitrogen and oxygen atoms in total. The zero-order valence-electron chi connectivity index (χ0n) is 20.6. The van der Waals surface area contributed by atoms with Crippen molar-refractivity contribution in [2.24, 2.45) is 0 Å². The first kappa shape index (κ1) is 27.4. The molecule has 1 N–H and O–H groups in total. The van der Waals surface area contributed by atoms with E-state index in [2.05, 4.69) is 19.2 Å². The normalized spacial score (nSPS) is 11.2. The van der Waals surface area contributed by atoms with Crippen LogP contribution in [0, 0.1) is 0 Å². The van der Waals surface area contributed by atoms with E-state index in [0.717, 1.165) is 15.6 Å². The number of halogens is 1. The van der Waals surface area contributed by atoms with Crippen LogP contribution in [0.5, 0.6) is 11.5 Å². The number of hydrogen-bond donors (Lipinski definition) is 1. The van der Waals surface area contributed by atoms with Crippen molar-refractivity contribution >= 4 is 33.2 Å². The highest BCUT2D eigenvalue weighted by atomic mass is 35.5. The maximum Gasteiger partial charge on any atom is 0.264 e. The largest absolute Gasteiger partial charge is 0.494 e. The quantitative estimate of drug-likeness (QED) is 0.323. The molecule has 1 amide bonds. The van der Waals surface area contributed by atoms with Crippen LogP contribution >= 0.6 is 11.6 Å². The molecule has 36 heavy (non-hydrogen) atoms. The number of carbonyl (C=O) groups is 1. The first-order valence-electron chi connectivity index (χ1n) is 11.7. The van der Waals surface area contributed by atoms with E-state index in [-0.39, 0.29) is 18.0 Å². The lowest BCUT2D eigenvalue weighted by molar-refractivity contribution is -0.119. The van der Waals surface area contributed by atoms with Crippen LogP contribution in [0.15, 0.2) is 77.7 Å². The summed E-state index contributed by atoms with van der Waals surface area (Å²) in [5, 5.41) is 3.17. The van der Waals surface area contributed by atoms with Crippen LogP contribution < -0.4 is 19.1 Å². The van der Waals surface area contributed by atoms with Crippen molar-refractivity contribution < 1.29 is 22.7 Å². The summed E-state index contributed by atoms with van der Waals surface area (Å²) in [5.74, 6) is 1.22. The molecule has 0 saturated carbocycles. The summed E-state index contributed by atoms with van der Waals surface area (Å²) >= 11 is 5.93. The summed E-state index contributed by atoms with van der Waals surface area (Å²) in [6.07, 6.45) is 0. The Morgan fingerprint density at radius 2 is 1.64 bits per heavy atom. The maximum absolute atomic E-state index is 13.5. The number of nitrogens with zero attached hydrogens (tertiary/aromatic N) is 1. The van der Waals surface area contributed by atoms with Gasteiger partial charge in [0.15, 0.2) is 0 Å². The topological polar surface area (TPSA) is 84.9 Å². The number of sulfonamides is 1. The van der Waals surface area contributed by atoms with Gasteiger partial charge in [-0.1, -0.05) is 43.6 Å². The Morgan fingerprint density at radius 3 is 2.28 bits per heavy atom. The van der Waals surface area contributed by atoms with Gasteiger partial charge in [-0.25, -0.2) is 8.42 Å². The monoisotopic (exact) mass is 530 g/mol. The zero-order chi connectivity index (χ0) is 26.1. The Kier molecular flexibility index (Phi) is 9.61. The van der Waals surface area contributed by atoms with E-state index in [0.29, 0.717) is 29.0 Å². The number of hydrogen-bond acceptors (Lipinski definition) is 5. The van der Waals surface area contributed by atoms with Gasteiger partial charge in [-0.15, -0.1) is 0 Å². The Hall–Kier alpha value is -3.23. The summed E-state index contributed by atoms with van der Waals surface area (Å²) in [6, 6.07) is 20.1. The highest BCUT2D eigenvalue weighted by Gasteiger charge is 2.27. The van der Waals surface area contributed by atoms with Crippen molar-refractivity contribution in [1.82, 2.24) is 5.32 Å². The van der Waals surface area contributed by atoms with Crippen molar-refractivity contribution in [3.8, 4) is 11.5 Å². The molecule has 0 unspecified atom stereocenters. The van der Waals surface area contributed by atoms with E-state index in [1.54, 1.807) is 24.3 Å². The van der Waals surface area contributed by atoms with Gasteiger partial charge >= 0.3 is 0 Å². The van der Waals surface area contributed by atoms with Crippen LogP contribution in [-0.2, 0) is 14.8 Å². The molecule has 0 atom stereocenters. The van der Waals surface area contributed by atoms with Crippen LogP contribution in [0.25, 0.3) is 0 Å². The number of para-hydroxylation sites is 1. The van der Waals surface area contributed by atoms with Gasteiger partial charge in [0.1, 0.15) is 24.7 Å². The number of anilines is 1. The molecule has 0 saturated heterocycles. The van der Waals surface area contributed by atoms with Gasteiger partial charge in [-0.3, -0.25) is 9.10 Å². The van der Waals surface area contributed by atoms with Crippen molar-refractivity contribution in [1.29, 1.82) is 0 Å². The van der Waals surface area contributed by atoms with Gasteiger partial charge in [-0.2, -0.15) is 0 Å². The molecular formula is C27H31ClN2O5S. The van der Waals surface area contributed by atoms with Gasteiger partial charge in [-0.05, 0) is 73.0 Å². The molecule has 0 fully saturated rings. The summed E-state index contributed by atoms with van der Waals surface area (Å²) in [5.41, 5.74) is 1.42. The predicted octanol–water partition coefficient (Wildman–Crippen LogP) is 5.25. The lowest BCUT2D eigenvalue weighted by atomic mass is 10.0. The van der Waals surface area contributed by atoms with Crippen molar-refractivity contribution in [3.05, 3.63) is 83.4 Å². The van der Waals surface area contributed by atoms with E-state index in [4.69, 9.17) is 21.1 Å². The molecule has 3 aromatic rings. The smallest absolute Gasteiger partial charge is 0.264 e. The molecule has 192 valence electrons. The third-order valence-electron chi connectivity index (χ3n) is 5.35. The second-order valence-corrected chi connectivity index (χ2v) is 10.6. The zero-order valence-corrected chi connectivity index (χ0v) is 22.2. The van der Waals surface area contributed by atoms with E-state index in [1.165, 1.54) is 24.3 Å². The number of carbonyl (C=O) groups excluding carboxylic acids is 1. The van der Waals surface area contributed by atoms with Gasteiger partial charge in [0, 0.05) is 5.02 Å². The summed E-state index contributed by atoms with van der Waals surface area (Å²) in [6.45, 7) is 6.59. The fraction of sp³-hybridized carbons (Fsp3) is 0.296. The van der Waals surface area contributed by atoms with E-state index < -0.39 is 22.5 Å². The number of ether oxygens (including phenoxy) is 2. The summed E-state index contributed by atoms with van der Waals surface area (Å²) < 4.78 is 39.3. The van der Waals surface area contributed by atoms with Crippen LogP contribution in [0.2, 0.25) is 5.02 Å². The lowest BCUT2D eigenvalue weighted by Crippen LogP contribution is -2.41. The van der Waals surface area contributed by atoms with Crippen molar-refractivity contribution in [3.63, 3.8) is 0 Å². The third kappa shape index (κ3) is 7.15. The second-order valence-electron chi connectivity index (χ2n) is 8.28. The standard InChI is InChI=1S/C27H31ClN2O5S/c1-4-34-23-13-11-22(12-14-23)30(36(32,33)24-15-9-21(28)10-16-24)19-27(31)29-17-18-35-26-8-6-5-7-25(26)20(2)3/h5-16,20H,4,17-19H2,1-3H3,(H,29,31). The molecule has 0 aromatic heterocycles. The Labute approximate surface area is 218 Å². The minimum atomic E-state index is -4.04. The fourth-order valence-corrected chi connectivity index (χ4v) is 5.10. The van der Waals surface area contributed by atoms with Gasteiger partial charge in [0.05, 0.1) is 23.7 Å². The first-order valence-corrected chi connectivity index (χ1v) is 13.5. The van der Waals surface area contributed by atoms with Gasteiger partial charge < -0.3 is 14.8 Å². The molecule has 0 radical (unpaired) electrons. The van der Waals surface area contributed by atoms with Gasteiger partial charge in [0.2, 0.25) is 5.91 Å². The maximum atomic E-state index is 13.5. The number of amides is 1. The highest BCUT2D eigenvalue weighted by molar-refractivity contribution is 7.92. The molecule has 0 bridgehead atoms. The average molecular weight is 531 g/mol. The Bertz CT molecular complexity index is 1250. The van der Waals surface area contributed by atoms with Gasteiger partial charge in [0.25, 0.3) is 10.0 Å². The Balaban J connectivity index is 1.72. The summed E-state index contributed by atoms with van der Waals surface area (Å²) in [4.78, 5) is 12.8. The fourth-order valence-electron chi connectivity index (χ4n) is 3.55. The van der Waals surface area contributed by atoms with E-state index in [1.807, 2.05) is 31.2 Å². The van der Waals surface area contributed by atoms with Crippen LogP contribution in [0.4, 0.5) is 5.69 Å². The van der Waals surface area contributed by atoms with Crippen LogP contribution in [0.1, 0.15) is 32.3 Å². The molecule has 3 aromatic carbocycles. The number of nitrogens with one attached hydrogen (secondary N) is 1. The molecule has 0 aliphatic carbocycles. The van der Waals surface area contributed by atoms with Crippen molar-refractivity contribution in [2.45, 2.75) is 31.6 Å².